The molecule has 0 aliphatic carbocycles. The van der Waals surface area contributed by atoms with E-state index in [1.165, 1.54) is 11.3 Å². The first-order valence-electron chi connectivity index (χ1n) is 6.95. The second-order valence-electron chi connectivity index (χ2n) is 4.69. The fourth-order valence-corrected chi connectivity index (χ4v) is 2.75. The van der Waals surface area contributed by atoms with Gasteiger partial charge >= 0.3 is 5.97 Å². The van der Waals surface area contributed by atoms with E-state index in [1.807, 2.05) is 23.6 Å². The van der Waals surface area contributed by atoms with Crippen LogP contribution in [0, 0.1) is 0 Å². The number of hydrogen-bond donors (Lipinski definition) is 0. The van der Waals surface area contributed by atoms with Crippen molar-refractivity contribution in [2.75, 3.05) is 7.11 Å². The van der Waals surface area contributed by atoms with Crippen LogP contribution in [0.15, 0.2) is 54.0 Å². The number of ether oxygens (including phenoxy) is 2. The summed E-state index contributed by atoms with van der Waals surface area (Å²) in [5.74, 6) is 0.841. The van der Waals surface area contributed by atoms with Crippen molar-refractivity contribution in [3.63, 3.8) is 0 Å². The molecule has 3 rings (SSSR count). The Morgan fingerprint density at radius 1 is 1.13 bits per heavy atom. The molecule has 0 fully saturated rings. The lowest BCUT2D eigenvalue weighted by atomic mass is 10.3. The predicted molar refractivity (Wildman–Crippen MR) is 87.7 cm³/mol. The maximum Gasteiger partial charge on any atom is 0.317 e. The number of esters is 1. The quantitative estimate of drug-likeness (QED) is 0.531. The van der Waals surface area contributed by atoms with Crippen molar-refractivity contribution >= 4 is 17.3 Å². The zero-order chi connectivity index (χ0) is 16.1. The largest absolute Gasteiger partial charge is 0.497 e. The molecular formula is C17H14N2O3S. The standard InChI is InChI=1S/C17H14N2O3S/c1-21-13-5-7-14(8-6-13)22-16(20)10-12-11-23-17(19-12)15-4-2-3-9-18-15/h2-9,11H,10H2,1H3. The maximum atomic E-state index is 12.0. The van der Waals surface area contributed by atoms with Crippen molar-refractivity contribution in [3.8, 4) is 22.2 Å². The van der Waals surface area contributed by atoms with Gasteiger partial charge in [0, 0.05) is 11.6 Å². The Morgan fingerprint density at radius 3 is 2.61 bits per heavy atom. The Kier molecular flexibility index (Phi) is 4.63. The molecule has 6 heteroatoms. The fraction of sp³-hybridized carbons (Fsp3) is 0.118. The monoisotopic (exact) mass is 326 g/mol. The van der Waals surface area contributed by atoms with Gasteiger partial charge in [0.1, 0.15) is 16.5 Å². The molecule has 2 heterocycles. The Hall–Kier alpha value is -2.73. The highest BCUT2D eigenvalue weighted by Gasteiger charge is 2.11. The van der Waals surface area contributed by atoms with E-state index in [2.05, 4.69) is 9.97 Å². The van der Waals surface area contributed by atoms with Gasteiger partial charge in [0.2, 0.25) is 0 Å². The molecular weight excluding hydrogens is 312 g/mol. The molecule has 5 nitrogen and oxygen atoms in total. The van der Waals surface area contributed by atoms with Crippen LogP contribution in [0.2, 0.25) is 0 Å². The molecule has 2 aromatic heterocycles. The molecule has 0 amide bonds. The van der Waals surface area contributed by atoms with Gasteiger partial charge in [-0.05, 0) is 36.4 Å². The molecule has 1 aromatic carbocycles. The van der Waals surface area contributed by atoms with Crippen molar-refractivity contribution in [1.82, 2.24) is 9.97 Å². The second kappa shape index (κ2) is 7.02. The Morgan fingerprint density at radius 2 is 1.91 bits per heavy atom. The van der Waals surface area contributed by atoms with Gasteiger partial charge in [-0.2, -0.15) is 0 Å². The molecule has 116 valence electrons. The summed E-state index contributed by atoms with van der Waals surface area (Å²) >= 11 is 1.46. The molecule has 0 aliphatic heterocycles. The van der Waals surface area contributed by atoms with Crippen molar-refractivity contribution in [3.05, 3.63) is 59.7 Å². The highest BCUT2D eigenvalue weighted by molar-refractivity contribution is 7.13. The minimum absolute atomic E-state index is 0.120. The highest BCUT2D eigenvalue weighted by atomic mass is 32.1. The van der Waals surface area contributed by atoms with E-state index < -0.39 is 0 Å². The van der Waals surface area contributed by atoms with Crippen LogP contribution < -0.4 is 9.47 Å². The van der Waals surface area contributed by atoms with E-state index in [0.29, 0.717) is 17.2 Å². The summed E-state index contributed by atoms with van der Waals surface area (Å²) in [5, 5.41) is 2.64. The highest BCUT2D eigenvalue weighted by Crippen LogP contribution is 2.22. The van der Waals surface area contributed by atoms with E-state index >= 15 is 0 Å². The minimum Gasteiger partial charge on any atom is -0.497 e. The Labute approximate surface area is 137 Å². The van der Waals surface area contributed by atoms with Crippen molar-refractivity contribution < 1.29 is 14.3 Å². The van der Waals surface area contributed by atoms with E-state index in [0.717, 1.165) is 10.7 Å². The summed E-state index contributed by atoms with van der Waals surface area (Å²) in [4.78, 5) is 20.6. The van der Waals surface area contributed by atoms with Gasteiger partial charge in [-0.15, -0.1) is 11.3 Å². The van der Waals surface area contributed by atoms with Gasteiger partial charge in [0.05, 0.1) is 24.9 Å². The number of carbonyl (C=O) groups excluding carboxylic acids is 1. The van der Waals surface area contributed by atoms with Gasteiger partial charge in [-0.3, -0.25) is 9.78 Å². The van der Waals surface area contributed by atoms with Crippen LogP contribution in [0.4, 0.5) is 0 Å². The summed E-state index contributed by atoms with van der Waals surface area (Å²) in [6.45, 7) is 0. The number of carbonyl (C=O) groups is 1. The number of rotatable bonds is 5. The normalized spacial score (nSPS) is 10.3. The van der Waals surface area contributed by atoms with Crippen LogP contribution >= 0.6 is 11.3 Å². The van der Waals surface area contributed by atoms with Gasteiger partial charge < -0.3 is 9.47 Å². The smallest absolute Gasteiger partial charge is 0.317 e. The third-order valence-corrected chi connectivity index (χ3v) is 3.97. The molecule has 0 bridgehead atoms. The summed E-state index contributed by atoms with van der Waals surface area (Å²) in [6.07, 6.45) is 1.84. The summed E-state index contributed by atoms with van der Waals surface area (Å²) in [7, 11) is 1.59. The molecule has 0 N–H and O–H groups in total. The van der Waals surface area contributed by atoms with Crippen LogP contribution in [0.25, 0.3) is 10.7 Å². The van der Waals surface area contributed by atoms with Crippen LogP contribution in [0.3, 0.4) is 0 Å². The average molecular weight is 326 g/mol. The third kappa shape index (κ3) is 3.92. The molecule has 3 aromatic rings. The number of nitrogens with zero attached hydrogens (tertiary/aromatic N) is 2. The van der Waals surface area contributed by atoms with Crippen LogP contribution in [0.1, 0.15) is 5.69 Å². The molecule has 0 radical (unpaired) electrons. The zero-order valence-electron chi connectivity index (χ0n) is 12.4. The first-order chi connectivity index (χ1) is 11.2. The lowest BCUT2D eigenvalue weighted by Crippen LogP contribution is -2.11. The number of benzene rings is 1. The average Bonchev–Trinajstić information content (AvgIpc) is 3.04. The number of thiazole rings is 1. The summed E-state index contributed by atoms with van der Waals surface area (Å²) < 4.78 is 10.3. The first-order valence-corrected chi connectivity index (χ1v) is 7.83. The van der Waals surface area contributed by atoms with Crippen LogP contribution in [-0.2, 0) is 11.2 Å². The minimum atomic E-state index is -0.354. The van der Waals surface area contributed by atoms with Gasteiger partial charge in [-0.25, -0.2) is 4.98 Å². The van der Waals surface area contributed by atoms with E-state index in [4.69, 9.17) is 9.47 Å². The molecule has 23 heavy (non-hydrogen) atoms. The van der Waals surface area contributed by atoms with E-state index in [1.54, 1.807) is 37.6 Å². The van der Waals surface area contributed by atoms with Crippen LogP contribution in [0.5, 0.6) is 11.5 Å². The van der Waals surface area contributed by atoms with Gasteiger partial charge in [0.15, 0.2) is 0 Å². The second-order valence-corrected chi connectivity index (χ2v) is 5.54. The first kappa shape index (κ1) is 15.2. The van der Waals surface area contributed by atoms with E-state index in [9.17, 15) is 4.79 Å². The van der Waals surface area contributed by atoms with Crippen molar-refractivity contribution in [1.29, 1.82) is 0 Å². The van der Waals surface area contributed by atoms with Crippen molar-refractivity contribution in [2.45, 2.75) is 6.42 Å². The molecule has 0 saturated heterocycles. The Balaban J connectivity index is 1.63. The van der Waals surface area contributed by atoms with Gasteiger partial charge in [-0.1, -0.05) is 6.07 Å². The number of hydrogen-bond acceptors (Lipinski definition) is 6. The zero-order valence-corrected chi connectivity index (χ0v) is 13.2. The summed E-state index contributed by atoms with van der Waals surface area (Å²) in [5.41, 5.74) is 1.47. The Bertz CT molecular complexity index is 785. The number of methoxy groups -OCH3 is 1. The molecule has 0 saturated carbocycles. The molecule has 0 aliphatic rings. The number of pyridine rings is 1. The molecule has 0 spiro atoms. The predicted octanol–water partition coefficient (Wildman–Crippen LogP) is 3.36. The fourth-order valence-electron chi connectivity index (χ4n) is 1.95. The maximum absolute atomic E-state index is 12.0. The molecule has 0 atom stereocenters. The van der Waals surface area contributed by atoms with Crippen molar-refractivity contribution in [2.24, 2.45) is 0 Å². The van der Waals surface area contributed by atoms with Gasteiger partial charge in [0.25, 0.3) is 0 Å². The SMILES string of the molecule is COc1ccc(OC(=O)Cc2csc(-c3ccccn3)n2)cc1. The van der Waals surface area contributed by atoms with Crippen LogP contribution in [-0.4, -0.2) is 23.0 Å². The number of aromatic nitrogens is 2. The van der Waals surface area contributed by atoms with E-state index in [-0.39, 0.29) is 12.4 Å². The third-order valence-electron chi connectivity index (χ3n) is 3.05. The summed E-state index contributed by atoms with van der Waals surface area (Å²) in [6, 6.07) is 12.5. The lowest BCUT2D eigenvalue weighted by molar-refractivity contribution is -0.133. The lowest BCUT2D eigenvalue weighted by Gasteiger charge is -2.04. The topological polar surface area (TPSA) is 61.3 Å². The molecule has 0 unspecified atom stereocenters.